The van der Waals surface area contributed by atoms with Crippen LogP contribution in [0, 0.1) is 17.8 Å². The van der Waals surface area contributed by atoms with Gasteiger partial charge in [-0.1, -0.05) is 73.4 Å². The molecule has 2 aliphatic rings. The summed E-state index contributed by atoms with van der Waals surface area (Å²) in [4.78, 5) is 14.1. The maximum atomic E-state index is 12.5. The summed E-state index contributed by atoms with van der Waals surface area (Å²) in [5, 5.41) is 10.9. The highest BCUT2D eigenvalue weighted by Crippen LogP contribution is 2.47. The monoisotopic (exact) mass is 579 g/mol. The third kappa shape index (κ3) is 6.15. The zero-order chi connectivity index (χ0) is 28.4. The number of hydrogen-bond acceptors (Lipinski definition) is 2. The van der Waals surface area contributed by atoms with Gasteiger partial charge in [-0.05, 0) is 107 Å². The van der Waals surface area contributed by atoms with E-state index in [1.807, 2.05) is 24.3 Å². The smallest absolute Gasteiger partial charge is 0.335 e. The zero-order valence-corrected chi connectivity index (χ0v) is 24.6. The molecule has 0 saturated carbocycles. The molecule has 40 heavy (non-hydrogen) atoms. The number of halogens is 3. The second-order valence-electron chi connectivity index (χ2n) is 11.5. The Labute approximate surface area is 246 Å². The molecule has 1 saturated heterocycles. The Kier molecular flexibility index (Phi) is 8.99. The number of benzene rings is 3. The van der Waals surface area contributed by atoms with Crippen molar-refractivity contribution in [2.45, 2.75) is 39.5 Å². The van der Waals surface area contributed by atoms with Crippen molar-refractivity contribution in [3.63, 3.8) is 0 Å². The fourth-order valence-corrected chi connectivity index (χ4v) is 6.91. The zero-order valence-electron chi connectivity index (χ0n) is 23.1. The second kappa shape index (κ2) is 12.5. The van der Waals surface area contributed by atoms with Gasteiger partial charge < -0.3 is 10.0 Å². The van der Waals surface area contributed by atoms with Crippen LogP contribution in [0.4, 0.5) is 4.39 Å². The largest absolute Gasteiger partial charge is 0.478 e. The van der Waals surface area contributed by atoms with Gasteiger partial charge in [0.15, 0.2) is 0 Å². The SMILES string of the molecule is CC(C)C1CCc2cc(C(=O)O)ccc2C(c2ccc(CC3CN(CCCF)C3)cc2)=C1c1ccc(Cl)cc1Cl. The van der Waals surface area contributed by atoms with Crippen molar-refractivity contribution in [3.05, 3.63) is 104 Å². The van der Waals surface area contributed by atoms with Gasteiger partial charge in [-0.2, -0.15) is 0 Å². The number of allylic oxidation sites excluding steroid dienone is 1. The van der Waals surface area contributed by atoms with E-state index < -0.39 is 5.97 Å². The molecule has 3 aromatic carbocycles. The first-order chi connectivity index (χ1) is 19.2. The molecule has 0 bridgehead atoms. The molecular formula is C34H36Cl2FNO2. The van der Waals surface area contributed by atoms with Crippen molar-refractivity contribution in [2.24, 2.45) is 17.8 Å². The van der Waals surface area contributed by atoms with Crippen LogP contribution in [-0.2, 0) is 12.8 Å². The minimum atomic E-state index is -0.914. The summed E-state index contributed by atoms with van der Waals surface area (Å²) in [5.74, 6) is 0.261. The number of aromatic carboxylic acids is 1. The van der Waals surface area contributed by atoms with E-state index in [2.05, 4.69) is 43.0 Å². The van der Waals surface area contributed by atoms with Crippen molar-refractivity contribution in [1.29, 1.82) is 0 Å². The number of alkyl halides is 1. The molecule has 1 unspecified atom stereocenters. The summed E-state index contributed by atoms with van der Waals surface area (Å²) in [7, 11) is 0. The molecule has 0 amide bonds. The number of aryl methyl sites for hydroxylation is 1. The van der Waals surface area contributed by atoms with Gasteiger partial charge in [0, 0.05) is 29.7 Å². The minimum absolute atomic E-state index is 0.222. The molecule has 1 aliphatic heterocycles. The number of fused-ring (bicyclic) bond motifs is 1. The summed E-state index contributed by atoms with van der Waals surface area (Å²) in [6.07, 6.45) is 3.30. The van der Waals surface area contributed by atoms with Crippen LogP contribution in [0.5, 0.6) is 0 Å². The lowest BCUT2D eigenvalue weighted by molar-refractivity contribution is 0.0696. The summed E-state index contributed by atoms with van der Waals surface area (Å²) in [6.45, 7) is 7.13. The normalized spacial score (nSPS) is 18.0. The highest BCUT2D eigenvalue weighted by atomic mass is 35.5. The number of rotatable bonds is 9. The molecule has 210 valence electrons. The van der Waals surface area contributed by atoms with Crippen LogP contribution < -0.4 is 0 Å². The molecule has 1 atom stereocenters. The van der Waals surface area contributed by atoms with Crippen LogP contribution in [-0.4, -0.2) is 42.3 Å². The van der Waals surface area contributed by atoms with E-state index in [0.717, 1.165) is 66.7 Å². The lowest BCUT2D eigenvalue weighted by Crippen LogP contribution is -2.47. The Morgan fingerprint density at radius 1 is 1.02 bits per heavy atom. The van der Waals surface area contributed by atoms with Crippen LogP contribution in [0.3, 0.4) is 0 Å². The molecule has 6 heteroatoms. The average Bonchev–Trinajstić information content (AvgIpc) is 3.07. The van der Waals surface area contributed by atoms with E-state index in [0.29, 0.717) is 33.9 Å². The highest BCUT2D eigenvalue weighted by Gasteiger charge is 2.31. The van der Waals surface area contributed by atoms with Gasteiger partial charge in [0.2, 0.25) is 0 Å². The predicted octanol–water partition coefficient (Wildman–Crippen LogP) is 8.70. The number of carboxylic acid groups (broad SMARTS) is 1. The number of carbonyl (C=O) groups is 1. The third-order valence-electron chi connectivity index (χ3n) is 8.42. The van der Waals surface area contributed by atoms with E-state index in [4.69, 9.17) is 23.2 Å². The molecular weight excluding hydrogens is 544 g/mol. The summed E-state index contributed by atoms with van der Waals surface area (Å²) in [6, 6.07) is 20.1. The lowest BCUT2D eigenvalue weighted by Gasteiger charge is -2.39. The van der Waals surface area contributed by atoms with E-state index in [-0.39, 0.29) is 12.6 Å². The molecule has 1 N–H and O–H groups in total. The van der Waals surface area contributed by atoms with Gasteiger partial charge in [0.1, 0.15) is 0 Å². The molecule has 1 heterocycles. The molecule has 3 nitrogen and oxygen atoms in total. The van der Waals surface area contributed by atoms with Gasteiger partial charge in [0.25, 0.3) is 0 Å². The van der Waals surface area contributed by atoms with Crippen LogP contribution in [0.25, 0.3) is 11.1 Å². The van der Waals surface area contributed by atoms with E-state index >= 15 is 0 Å². The first kappa shape index (κ1) is 28.9. The van der Waals surface area contributed by atoms with Crippen LogP contribution in [0.15, 0.2) is 60.7 Å². The lowest BCUT2D eigenvalue weighted by atomic mass is 9.78. The molecule has 1 aliphatic carbocycles. The van der Waals surface area contributed by atoms with Crippen molar-refractivity contribution >= 4 is 40.3 Å². The quantitative estimate of drug-likeness (QED) is 0.275. The first-order valence-electron chi connectivity index (χ1n) is 14.2. The van der Waals surface area contributed by atoms with Gasteiger partial charge in [-0.3, -0.25) is 4.39 Å². The first-order valence-corrected chi connectivity index (χ1v) is 14.9. The number of nitrogens with zero attached hydrogens (tertiary/aromatic N) is 1. The van der Waals surface area contributed by atoms with E-state index in [9.17, 15) is 14.3 Å². The van der Waals surface area contributed by atoms with E-state index in [1.54, 1.807) is 12.1 Å². The summed E-state index contributed by atoms with van der Waals surface area (Å²) >= 11 is 13.2. The number of hydrogen-bond donors (Lipinski definition) is 1. The Morgan fingerprint density at radius 3 is 2.40 bits per heavy atom. The van der Waals surface area contributed by atoms with Gasteiger partial charge in [-0.15, -0.1) is 0 Å². The van der Waals surface area contributed by atoms with Crippen molar-refractivity contribution in [1.82, 2.24) is 4.90 Å². The summed E-state index contributed by atoms with van der Waals surface area (Å²) < 4.78 is 12.5. The molecule has 3 aromatic rings. The molecule has 0 radical (unpaired) electrons. The topological polar surface area (TPSA) is 40.5 Å². The van der Waals surface area contributed by atoms with Gasteiger partial charge in [0.05, 0.1) is 12.2 Å². The Hall–Kier alpha value is -2.66. The van der Waals surface area contributed by atoms with Crippen LogP contribution in [0.1, 0.15) is 64.9 Å². The van der Waals surface area contributed by atoms with Crippen LogP contribution >= 0.6 is 23.2 Å². The number of carboxylic acids is 1. The molecule has 1 fully saturated rings. The standard InChI is InChI=1S/C34H36Cl2FNO2/c1-21(2)28-11-8-25-17-26(34(39)40)9-12-29(25)32(33(28)30-13-10-27(35)18-31(30)36)24-6-4-22(5-7-24)16-23-19-38(20-23)15-3-14-37/h4-7,9-10,12-13,17-18,21,23,28H,3,8,11,14-16,19-20H2,1-2H3,(H,39,40). The Balaban J connectivity index is 1.59. The maximum Gasteiger partial charge on any atom is 0.335 e. The van der Waals surface area contributed by atoms with Crippen LogP contribution in [0.2, 0.25) is 10.0 Å². The van der Waals surface area contributed by atoms with Gasteiger partial charge >= 0.3 is 5.97 Å². The third-order valence-corrected chi connectivity index (χ3v) is 8.97. The average molecular weight is 581 g/mol. The van der Waals surface area contributed by atoms with Crippen molar-refractivity contribution in [3.8, 4) is 0 Å². The maximum absolute atomic E-state index is 12.5. The number of likely N-dealkylation sites (tertiary alicyclic amines) is 1. The fourth-order valence-electron chi connectivity index (χ4n) is 6.40. The predicted molar refractivity (Wildman–Crippen MR) is 163 cm³/mol. The van der Waals surface area contributed by atoms with Crippen molar-refractivity contribution in [2.75, 3.05) is 26.3 Å². The van der Waals surface area contributed by atoms with E-state index in [1.165, 1.54) is 11.1 Å². The minimum Gasteiger partial charge on any atom is -0.478 e. The van der Waals surface area contributed by atoms with Gasteiger partial charge in [-0.25, -0.2) is 4.79 Å². The summed E-state index contributed by atoms with van der Waals surface area (Å²) in [5.41, 5.74) is 8.08. The fraction of sp³-hybridized carbons (Fsp3) is 0.382. The molecule has 0 spiro atoms. The Morgan fingerprint density at radius 2 is 1.75 bits per heavy atom. The highest BCUT2D eigenvalue weighted by molar-refractivity contribution is 6.36. The molecule has 0 aromatic heterocycles. The van der Waals surface area contributed by atoms with Crippen molar-refractivity contribution < 1.29 is 14.3 Å². The Bertz CT molecular complexity index is 1410. The molecule has 5 rings (SSSR count). The second-order valence-corrected chi connectivity index (χ2v) is 12.4.